The fraction of sp³-hybridized carbons (Fsp3) is 0.364. The lowest BCUT2D eigenvalue weighted by molar-refractivity contribution is 0.0378. The zero-order chi connectivity index (χ0) is 19.0. The summed E-state index contributed by atoms with van der Waals surface area (Å²) in [5.41, 5.74) is 6.04. The van der Waals surface area contributed by atoms with Crippen LogP contribution in [0, 0.1) is 13.8 Å². The molecule has 0 bridgehead atoms. The highest BCUT2D eigenvalue weighted by Gasteiger charge is 2.17. The minimum atomic E-state index is -0.305. The normalized spacial score (nSPS) is 11.5. The monoisotopic (exact) mass is 350 g/mol. The van der Waals surface area contributed by atoms with Crippen LogP contribution in [0.1, 0.15) is 55.2 Å². The van der Waals surface area contributed by atoms with Gasteiger partial charge in [0.05, 0.1) is 22.7 Å². The van der Waals surface area contributed by atoms with Gasteiger partial charge in [0.1, 0.15) is 5.82 Å². The molecule has 0 radical (unpaired) electrons. The number of benzene rings is 2. The highest BCUT2D eigenvalue weighted by molar-refractivity contribution is 5.91. The molecular weight excluding hydrogens is 324 g/mol. The van der Waals surface area contributed by atoms with Gasteiger partial charge in [0.25, 0.3) is 0 Å². The van der Waals surface area contributed by atoms with Crippen LogP contribution in [0.3, 0.4) is 0 Å². The van der Waals surface area contributed by atoms with Gasteiger partial charge in [-0.3, -0.25) is 0 Å². The zero-order valence-corrected chi connectivity index (χ0v) is 16.3. The molecule has 0 N–H and O–H groups in total. The Kier molecular flexibility index (Phi) is 4.86. The molecule has 4 heteroatoms. The van der Waals surface area contributed by atoms with Crippen LogP contribution < -0.4 is 0 Å². The number of ether oxygens (including phenoxy) is 1. The first kappa shape index (κ1) is 18.2. The van der Waals surface area contributed by atoms with E-state index in [9.17, 15) is 4.79 Å². The van der Waals surface area contributed by atoms with Gasteiger partial charge in [-0.2, -0.15) is 0 Å². The molecule has 1 heterocycles. The molecule has 3 aromatic rings. The molecule has 0 aliphatic carbocycles. The van der Waals surface area contributed by atoms with E-state index in [1.807, 2.05) is 32.0 Å². The van der Waals surface area contributed by atoms with Crippen LogP contribution in [0.2, 0.25) is 0 Å². The van der Waals surface area contributed by atoms with E-state index in [2.05, 4.69) is 44.4 Å². The summed E-state index contributed by atoms with van der Waals surface area (Å²) in [6.45, 7) is 12.2. The van der Waals surface area contributed by atoms with E-state index >= 15 is 0 Å². The molecule has 136 valence electrons. The summed E-state index contributed by atoms with van der Waals surface area (Å²) < 4.78 is 7.56. The molecular formula is C22H26N2O2. The zero-order valence-electron chi connectivity index (χ0n) is 16.3. The second-order valence-electron chi connectivity index (χ2n) is 7.36. The topological polar surface area (TPSA) is 44.1 Å². The maximum atomic E-state index is 12.3. The summed E-state index contributed by atoms with van der Waals surface area (Å²) in [5, 5.41) is 0. The summed E-state index contributed by atoms with van der Waals surface area (Å²) >= 11 is 0. The van der Waals surface area contributed by atoms with E-state index < -0.39 is 0 Å². The predicted molar refractivity (Wildman–Crippen MR) is 106 cm³/mol. The third-order valence-electron chi connectivity index (χ3n) is 4.52. The first-order valence-electron chi connectivity index (χ1n) is 9.08. The molecule has 2 aromatic carbocycles. The number of aromatic nitrogens is 2. The number of aryl methyl sites for hydroxylation is 2. The van der Waals surface area contributed by atoms with E-state index in [4.69, 9.17) is 9.72 Å². The second kappa shape index (κ2) is 6.94. The van der Waals surface area contributed by atoms with Gasteiger partial charge in [0.2, 0.25) is 0 Å². The minimum absolute atomic E-state index is 0.141. The highest BCUT2D eigenvalue weighted by atomic mass is 16.5. The van der Waals surface area contributed by atoms with E-state index in [0.29, 0.717) is 5.56 Å². The van der Waals surface area contributed by atoms with E-state index in [0.717, 1.165) is 22.4 Å². The molecule has 26 heavy (non-hydrogen) atoms. The average molecular weight is 350 g/mol. The summed E-state index contributed by atoms with van der Waals surface area (Å²) in [4.78, 5) is 17.1. The van der Waals surface area contributed by atoms with Crippen LogP contribution >= 0.6 is 0 Å². The Morgan fingerprint density at radius 2 is 1.73 bits per heavy atom. The van der Waals surface area contributed by atoms with Crippen LogP contribution in [-0.4, -0.2) is 21.6 Å². The number of nitrogens with zero attached hydrogens (tertiary/aromatic N) is 2. The Morgan fingerprint density at radius 1 is 1.04 bits per heavy atom. The third-order valence-corrected chi connectivity index (χ3v) is 4.52. The summed E-state index contributed by atoms with van der Waals surface area (Å²) in [7, 11) is 0. The van der Waals surface area contributed by atoms with Gasteiger partial charge in [0, 0.05) is 11.6 Å². The van der Waals surface area contributed by atoms with Crippen molar-refractivity contribution in [3.63, 3.8) is 0 Å². The Labute approximate surface area is 154 Å². The van der Waals surface area contributed by atoms with Crippen molar-refractivity contribution >= 4 is 17.0 Å². The van der Waals surface area contributed by atoms with Gasteiger partial charge >= 0.3 is 5.97 Å². The number of imidazole rings is 1. The molecule has 0 saturated carbocycles. The SMILES string of the molecule is Cc1cc2nc(-c3cccc(C(=O)OC(C)C)c3)n(C(C)C)c2cc1C. The van der Waals surface area contributed by atoms with Crippen LogP contribution in [-0.2, 0) is 4.74 Å². The third kappa shape index (κ3) is 3.36. The minimum Gasteiger partial charge on any atom is -0.459 e. The molecule has 0 aliphatic heterocycles. The lowest BCUT2D eigenvalue weighted by Gasteiger charge is -2.14. The number of rotatable bonds is 4. The number of fused-ring (bicyclic) bond motifs is 1. The largest absolute Gasteiger partial charge is 0.459 e. The summed E-state index contributed by atoms with van der Waals surface area (Å²) in [6.07, 6.45) is -0.141. The average Bonchev–Trinajstić information content (AvgIpc) is 2.93. The first-order valence-corrected chi connectivity index (χ1v) is 9.08. The van der Waals surface area contributed by atoms with Crippen molar-refractivity contribution in [2.75, 3.05) is 0 Å². The lowest BCUT2D eigenvalue weighted by Crippen LogP contribution is -2.11. The second-order valence-corrected chi connectivity index (χ2v) is 7.36. The quantitative estimate of drug-likeness (QED) is 0.586. The molecule has 4 nitrogen and oxygen atoms in total. The fourth-order valence-electron chi connectivity index (χ4n) is 3.14. The highest BCUT2D eigenvalue weighted by Crippen LogP contribution is 2.30. The van der Waals surface area contributed by atoms with Gasteiger partial charge in [-0.05, 0) is 76.9 Å². The summed E-state index contributed by atoms with van der Waals surface area (Å²) in [5.74, 6) is 0.569. The Morgan fingerprint density at radius 3 is 2.38 bits per heavy atom. The van der Waals surface area contributed by atoms with Gasteiger partial charge in [-0.1, -0.05) is 12.1 Å². The number of hydrogen-bond acceptors (Lipinski definition) is 3. The first-order chi connectivity index (χ1) is 12.3. The maximum Gasteiger partial charge on any atom is 0.338 e. The number of hydrogen-bond donors (Lipinski definition) is 0. The van der Waals surface area contributed by atoms with Gasteiger partial charge in [-0.25, -0.2) is 9.78 Å². The molecule has 3 rings (SSSR count). The molecule has 1 aromatic heterocycles. The number of carbonyl (C=O) groups is 1. The standard InChI is InChI=1S/C22H26N2O2/c1-13(2)24-20-11-16(6)15(5)10-19(20)23-21(24)17-8-7-9-18(12-17)22(25)26-14(3)4/h7-14H,1-6H3. The molecule has 0 unspecified atom stereocenters. The van der Waals surface area contributed by atoms with E-state index in [-0.39, 0.29) is 18.1 Å². The molecule has 0 atom stereocenters. The smallest absolute Gasteiger partial charge is 0.338 e. The number of carbonyl (C=O) groups excluding carboxylic acids is 1. The Balaban J connectivity index is 2.16. The molecule has 0 saturated heterocycles. The van der Waals surface area contributed by atoms with Crippen molar-refractivity contribution in [2.24, 2.45) is 0 Å². The van der Waals surface area contributed by atoms with Gasteiger partial charge in [-0.15, -0.1) is 0 Å². The fourth-order valence-corrected chi connectivity index (χ4v) is 3.14. The van der Waals surface area contributed by atoms with Crippen LogP contribution in [0.25, 0.3) is 22.4 Å². The molecule has 0 amide bonds. The predicted octanol–water partition coefficient (Wildman–Crippen LogP) is 5.47. The summed E-state index contributed by atoms with van der Waals surface area (Å²) in [6, 6.07) is 12.1. The van der Waals surface area contributed by atoms with Gasteiger partial charge < -0.3 is 9.30 Å². The number of esters is 1. The van der Waals surface area contributed by atoms with E-state index in [1.54, 1.807) is 6.07 Å². The molecule has 0 aliphatic rings. The van der Waals surface area contributed by atoms with E-state index in [1.165, 1.54) is 11.1 Å². The Hall–Kier alpha value is -2.62. The van der Waals surface area contributed by atoms with Crippen molar-refractivity contribution in [3.8, 4) is 11.4 Å². The van der Waals surface area contributed by atoms with Crippen molar-refractivity contribution < 1.29 is 9.53 Å². The Bertz CT molecular complexity index is 968. The van der Waals surface area contributed by atoms with Crippen molar-refractivity contribution in [1.82, 2.24) is 9.55 Å². The van der Waals surface area contributed by atoms with Crippen molar-refractivity contribution in [3.05, 3.63) is 53.1 Å². The van der Waals surface area contributed by atoms with Crippen LogP contribution in [0.4, 0.5) is 0 Å². The molecule has 0 spiro atoms. The van der Waals surface area contributed by atoms with Crippen LogP contribution in [0.15, 0.2) is 36.4 Å². The lowest BCUT2D eigenvalue weighted by atomic mass is 10.1. The van der Waals surface area contributed by atoms with Crippen molar-refractivity contribution in [1.29, 1.82) is 0 Å². The van der Waals surface area contributed by atoms with Crippen LogP contribution in [0.5, 0.6) is 0 Å². The molecule has 0 fully saturated rings. The maximum absolute atomic E-state index is 12.3. The van der Waals surface area contributed by atoms with Crippen molar-refractivity contribution in [2.45, 2.75) is 53.7 Å². The van der Waals surface area contributed by atoms with Gasteiger partial charge in [0.15, 0.2) is 0 Å².